The predicted molar refractivity (Wildman–Crippen MR) is 173 cm³/mol. The summed E-state index contributed by atoms with van der Waals surface area (Å²) >= 11 is 1.37. The van der Waals surface area contributed by atoms with Gasteiger partial charge in [-0.15, -0.1) is 11.3 Å². The third-order valence-electron chi connectivity index (χ3n) is 9.17. The molecule has 4 aromatic rings. The van der Waals surface area contributed by atoms with Crippen LogP contribution in [0.1, 0.15) is 37.6 Å². The molecule has 47 heavy (non-hydrogen) atoms. The first kappa shape index (κ1) is 32.0. The Morgan fingerprint density at radius 2 is 1.66 bits per heavy atom. The maximum atomic E-state index is 16.3. The highest BCUT2D eigenvalue weighted by molar-refractivity contribution is 7.93. The molecule has 2 aliphatic heterocycles. The molecule has 1 aliphatic carbocycles. The molecule has 4 heterocycles. The van der Waals surface area contributed by atoms with Gasteiger partial charge < -0.3 is 10.6 Å². The van der Waals surface area contributed by atoms with E-state index in [-0.39, 0.29) is 39.6 Å². The van der Waals surface area contributed by atoms with E-state index >= 15 is 4.39 Å². The van der Waals surface area contributed by atoms with E-state index in [4.69, 9.17) is 9.97 Å². The molecule has 3 aliphatic rings. The minimum Gasteiger partial charge on any atom is -0.351 e. The molecular formula is C31H31F3N6O4S3. The lowest BCUT2D eigenvalue weighted by Gasteiger charge is -2.53. The SMILES string of the molecule is CC1(c2nc(-c3cccc(NS(=O)(=O)c4c(F)cccc4F)c3F)c(-c3ccnc(NC4CC5(C4)CS(=O)(=O)C5)n3)s2)CCNCC1. The first-order valence-electron chi connectivity index (χ1n) is 15.0. The molecule has 0 atom stereocenters. The Labute approximate surface area is 274 Å². The van der Waals surface area contributed by atoms with E-state index in [1.54, 1.807) is 12.3 Å². The molecule has 7 rings (SSSR count). The molecule has 2 aromatic carbocycles. The quantitative estimate of drug-likeness (QED) is 0.228. The summed E-state index contributed by atoms with van der Waals surface area (Å²) in [6.45, 7) is 3.67. The van der Waals surface area contributed by atoms with Gasteiger partial charge in [0, 0.05) is 28.6 Å². The number of rotatable bonds is 8. The maximum Gasteiger partial charge on any atom is 0.267 e. The zero-order valence-electron chi connectivity index (χ0n) is 25.2. The van der Waals surface area contributed by atoms with Crippen LogP contribution in [-0.4, -0.2) is 62.4 Å². The molecular weight excluding hydrogens is 674 g/mol. The van der Waals surface area contributed by atoms with E-state index < -0.39 is 47.9 Å². The van der Waals surface area contributed by atoms with E-state index in [2.05, 4.69) is 22.5 Å². The monoisotopic (exact) mass is 704 g/mol. The molecule has 2 aromatic heterocycles. The summed E-state index contributed by atoms with van der Waals surface area (Å²) in [4.78, 5) is 13.3. The Morgan fingerprint density at radius 3 is 2.34 bits per heavy atom. The number of benzene rings is 2. The van der Waals surface area contributed by atoms with Crippen molar-refractivity contribution in [3.8, 4) is 21.8 Å². The second-order valence-corrected chi connectivity index (χ2v) is 17.6. The van der Waals surface area contributed by atoms with Gasteiger partial charge in [0.25, 0.3) is 10.0 Å². The lowest BCUT2D eigenvalue weighted by molar-refractivity contribution is 0.153. The maximum absolute atomic E-state index is 16.3. The van der Waals surface area contributed by atoms with Gasteiger partial charge in [0.1, 0.15) is 11.6 Å². The second kappa shape index (κ2) is 11.5. The normalized spacial score (nSPS) is 19.9. The minimum atomic E-state index is -4.83. The van der Waals surface area contributed by atoms with Crippen molar-refractivity contribution in [2.24, 2.45) is 5.41 Å². The highest BCUT2D eigenvalue weighted by atomic mass is 32.2. The number of nitrogens with zero attached hydrogens (tertiary/aromatic N) is 3. The first-order chi connectivity index (χ1) is 22.3. The Kier molecular flexibility index (Phi) is 7.84. The van der Waals surface area contributed by atoms with Gasteiger partial charge in [-0.1, -0.05) is 19.1 Å². The Bertz CT molecular complexity index is 2060. The molecule has 2 saturated heterocycles. The molecule has 0 radical (unpaired) electrons. The number of aromatic nitrogens is 3. The number of hydrogen-bond donors (Lipinski definition) is 3. The fraction of sp³-hybridized carbons (Fsp3) is 0.387. The van der Waals surface area contributed by atoms with Crippen LogP contribution in [0.3, 0.4) is 0 Å². The van der Waals surface area contributed by atoms with Crippen LogP contribution in [0, 0.1) is 22.9 Å². The number of thiazole rings is 1. The molecule has 10 nitrogen and oxygen atoms in total. The van der Waals surface area contributed by atoms with Crippen LogP contribution in [0.4, 0.5) is 24.8 Å². The van der Waals surface area contributed by atoms with Crippen molar-refractivity contribution in [2.75, 3.05) is 34.6 Å². The van der Waals surface area contributed by atoms with Gasteiger partial charge in [0.15, 0.2) is 20.5 Å². The van der Waals surface area contributed by atoms with Gasteiger partial charge in [-0.2, -0.15) is 0 Å². The van der Waals surface area contributed by atoms with E-state index in [1.165, 1.54) is 29.5 Å². The van der Waals surface area contributed by atoms with E-state index in [9.17, 15) is 25.6 Å². The highest BCUT2D eigenvalue weighted by Crippen LogP contribution is 2.51. The number of sulfone groups is 1. The minimum absolute atomic E-state index is 0.0190. The van der Waals surface area contributed by atoms with Crippen molar-refractivity contribution in [1.29, 1.82) is 0 Å². The van der Waals surface area contributed by atoms with E-state index in [0.717, 1.165) is 49.1 Å². The van der Waals surface area contributed by atoms with Gasteiger partial charge in [0.2, 0.25) is 5.95 Å². The topological polar surface area (TPSA) is 143 Å². The fourth-order valence-corrected chi connectivity index (χ4v) is 11.5. The first-order valence-corrected chi connectivity index (χ1v) is 19.2. The lowest BCUT2D eigenvalue weighted by atomic mass is 9.67. The standard InChI is InChI=1S/C31H31F3N6O4S3/c1-30(9-12-35-13-10-30)28-39-25(19-4-2-7-22(24(19)34)40-47(43,44)27-20(32)5-3-6-21(27)33)26(45-28)23-8-11-36-29(38-23)37-18-14-31(15-18)16-46(41,42)17-31/h2-8,11,18,35,40H,9-10,12-17H2,1H3,(H,36,37,38). The van der Waals surface area contributed by atoms with Crippen LogP contribution in [0.15, 0.2) is 53.6 Å². The molecule has 1 saturated carbocycles. The lowest BCUT2D eigenvalue weighted by Crippen LogP contribution is -2.60. The van der Waals surface area contributed by atoms with Crippen molar-refractivity contribution in [1.82, 2.24) is 20.3 Å². The molecule has 16 heteroatoms. The van der Waals surface area contributed by atoms with Crippen molar-refractivity contribution < 1.29 is 30.0 Å². The number of piperidine rings is 1. The van der Waals surface area contributed by atoms with Gasteiger partial charge in [-0.25, -0.2) is 45.0 Å². The zero-order chi connectivity index (χ0) is 33.2. The van der Waals surface area contributed by atoms with E-state index in [1.807, 2.05) is 4.72 Å². The summed E-state index contributed by atoms with van der Waals surface area (Å²) in [6, 6.07) is 8.42. The fourth-order valence-electron chi connectivity index (χ4n) is 6.81. The second-order valence-electron chi connectivity index (χ2n) is 12.9. The van der Waals surface area contributed by atoms with Gasteiger partial charge in [-0.05, 0) is 69.1 Å². The summed E-state index contributed by atoms with van der Waals surface area (Å²) in [5.41, 5.74) is -0.279. The third-order valence-corrected chi connectivity index (χ3v) is 14.1. The summed E-state index contributed by atoms with van der Waals surface area (Å²) < 4.78 is 96.4. The number of sulfonamides is 1. The van der Waals surface area contributed by atoms with Crippen molar-refractivity contribution in [3.63, 3.8) is 0 Å². The molecule has 1 spiro atoms. The molecule has 0 unspecified atom stereocenters. The van der Waals surface area contributed by atoms with Crippen LogP contribution in [-0.2, 0) is 25.3 Å². The van der Waals surface area contributed by atoms with Crippen molar-refractivity contribution in [2.45, 2.75) is 49.0 Å². The van der Waals surface area contributed by atoms with Crippen molar-refractivity contribution >= 4 is 42.8 Å². The summed E-state index contributed by atoms with van der Waals surface area (Å²) in [5, 5.41) is 7.41. The average molecular weight is 705 g/mol. The number of anilines is 2. The Hall–Kier alpha value is -3.60. The number of nitrogens with one attached hydrogen (secondary N) is 3. The number of halogens is 3. The predicted octanol–water partition coefficient (Wildman–Crippen LogP) is 5.12. The van der Waals surface area contributed by atoms with Gasteiger partial charge in [-0.3, -0.25) is 4.72 Å². The summed E-state index contributed by atoms with van der Waals surface area (Å²) in [5.74, 6) is -2.83. The van der Waals surface area contributed by atoms with Crippen LogP contribution >= 0.6 is 11.3 Å². The van der Waals surface area contributed by atoms with Crippen LogP contribution < -0.4 is 15.4 Å². The zero-order valence-corrected chi connectivity index (χ0v) is 27.6. The van der Waals surface area contributed by atoms with Crippen LogP contribution in [0.2, 0.25) is 0 Å². The smallest absolute Gasteiger partial charge is 0.267 e. The Morgan fingerprint density at radius 1 is 0.979 bits per heavy atom. The van der Waals surface area contributed by atoms with Crippen molar-refractivity contribution in [3.05, 3.63) is 71.1 Å². The molecule has 3 N–H and O–H groups in total. The van der Waals surface area contributed by atoms with Crippen LogP contribution in [0.25, 0.3) is 21.8 Å². The largest absolute Gasteiger partial charge is 0.351 e. The Balaban J connectivity index is 1.24. The molecule has 248 valence electrons. The van der Waals surface area contributed by atoms with Gasteiger partial charge in [0.05, 0.1) is 38.5 Å². The molecule has 3 fully saturated rings. The summed E-state index contributed by atoms with van der Waals surface area (Å²) in [7, 11) is -7.77. The third kappa shape index (κ3) is 6.00. The molecule has 0 bridgehead atoms. The van der Waals surface area contributed by atoms with Gasteiger partial charge >= 0.3 is 0 Å². The average Bonchev–Trinajstić information content (AvgIpc) is 3.43. The van der Waals surface area contributed by atoms with E-state index in [0.29, 0.717) is 29.4 Å². The number of hydrogen-bond acceptors (Lipinski definition) is 10. The molecule has 0 amide bonds. The highest BCUT2D eigenvalue weighted by Gasteiger charge is 2.56. The van der Waals surface area contributed by atoms with Crippen LogP contribution in [0.5, 0.6) is 0 Å². The summed E-state index contributed by atoms with van der Waals surface area (Å²) in [6.07, 6.45) is 4.57.